The van der Waals surface area contributed by atoms with Gasteiger partial charge in [0.25, 0.3) is 5.95 Å². The summed E-state index contributed by atoms with van der Waals surface area (Å²) in [6.45, 7) is 3.06. The van der Waals surface area contributed by atoms with Crippen molar-refractivity contribution in [2.45, 2.75) is 13.8 Å². The van der Waals surface area contributed by atoms with Crippen LogP contribution in [0.3, 0.4) is 0 Å². The molecule has 0 radical (unpaired) electrons. The Morgan fingerprint density at radius 3 is 2.74 bits per heavy atom. The number of carbonyl (C=O) groups is 1. The van der Waals surface area contributed by atoms with Gasteiger partial charge < -0.3 is 0 Å². The summed E-state index contributed by atoms with van der Waals surface area (Å²) in [5, 5.41) is 0.705. The minimum atomic E-state index is -0.608. The molecule has 0 atom stereocenters. The van der Waals surface area contributed by atoms with Crippen LogP contribution in [0.25, 0.3) is 5.82 Å². The molecule has 2 N–H and O–H groups in total. The second kappa shape index (κ2) is 4.94. The van der Waals surface area contributed by atoms with E-state index >= 15 is 0 Å². The van der Waals surface area contributed by atoms with Gasteiger partial charge in [-0.25, -0.2) is 30.2 Å². The van der Waals surface area contributed by atoms with Crippen molar-refractivity contribution in [2.24, 2.45) is 5.84 Å². The van der Waals surface area contributed by atoms with Gasteiger partial charge in [-0.2, -0.15) is 4.98 Å². The van der Waals surface area contributed by atoms with Gasteiger partial charge in [-0.15, -0.1) is 0 Å². The van der Waals surface area contributed by atoms with Crippen molar-refractivity contribution < 1.29 is 4.79 Å². The molecule has 0 aromatic carbocycles. The van der Waals surface area contributed by atoms with Crippen molar-refractivity contribution in [1.29, 1.82) is 0 Å². The van der Waals surface area contributed by atoms with Crippen LogP contribution in [0.2, 0.25) is 0 Å². The van der Waals surface area contributed by atoms with Crippen LogP contribution in [0.1, 0.15) is 12.5 Å². The molecular formula is C11H12N6O2. The maximum Gasteiger partial charge on any atom is 0.357 e. The Morgan fingerprint density at radius 2 is 2.16 bits per heavy atom. The predicted molar refractivity (Wildman–Crippen MR) is 67.5 cm³/mol. The van der Waals surface area contributed by atoms with E-state index in [-0.39, 0.29) is 5.95 Å². The van der Waals surface area contributed by atoms with Crippen LogP contribution < -0.4 is 16.5 Å². The van der Waals surface area contributed by atoms with Gasteiger partial charge in [0, 0.05) is 13.1 Å². The zero-order valence-electron chi connectivity index (χ0n) is 10.4. The Hall–Kier alpha value is -2.61. The highest BCUT2D eigenvalue weighted by atomic mass is 16.2. The second-order valence-corrected chi connectivity index (χ2v) is 3.84. The average Bonchev–Trinajstić information content (AvgIpc) is 2.38. The molecule has 0 spiro atoms. The Morgan fingerprint density at radius 1 is 1.42 bits per heavy atom. The highest BCUT2D eigenvalue weighted by molar-refractivity contribution is 5.88. The van der Waals surface area contributed by atoms with E-state index in [4.69, 9.17) is 5.84 Å². The molecule has 0 fully saturated rings. The molecule has 2 heterocycles. The van der Waals surface area contributed by atoms with Crippen LogP contribution in [-0.4, -0.2) is 25.4 Å². The van der Waals surface area contributed by atoms with E-state index in [0.29, 0.717) is 10.8 Å². The summed E-state index contributed by atoms with van der Waals surface area (Å²) >= 11 is 0. The lowest BCUT2D eigenvalue weighted by Crippen LogP contribution is -2.39. The number of carbonyl (C=O) groups excluding carboxylic acids is 1. The fraction of sp³-hybridized carbons (Fsp3) is 0.182. The summed E-state index contributed by atoms with van der Waals surface area (Å²) in [5.41, 5.74) is 0.195. The smallest absolute Gasteiger partial charge is 0.273 e. The molecule has 2 aromatic rings. The number of nitrogens with two attached hydrogens (primary N) is 1. The minimum Gasteiger partial charge on any atom is -0.273 e. The zero-order chi connectivity index (χ0) is 14.0. The van der Waals surface area contributed by atoms with Crippen LogP contribution >= 0.6 is 0 Å². The molecule has 0 saturated carbocycles. The first-order valence-corrected chi connectivity index (χ1v) is 5.44. The summed E-state index contributed by atoms with van der Waals surface area (Å²) in [7, 11) is 0. The molecule has 2 rings (SSSR count). The number of aryl methyl sites for hydroxylation is 1. The summed E-state index contributed by atoms with van der Waals surface area (Å²) in [6.07, 6.45) is 2.80. The van der Waals surface area contributed by atoms with E-state index in [9.17, 15) is 9.59 Å². The van der Waals surface area contributed by atoms with Gasteiger partial charge >= 0.3 is 5.69 Å². The predicted octanol–water partition coefficient (Wildman–Crippen LogP) is -0.442. The third-order valence-electron chi connectivity index (χ3n) is 2.46. The van der Waals surface area contributed by atoms with Gasteiger partial charge in [0.15, 0.2) is 0 Å². The number of rotatable bonds is 2. The van der Waals surface area contributed by atoms with Crippen molar-refractivity contribution in [2.75, 3.05) is 5.01 Å². The van der Waals surface area contributed by atoms with Gasteiger partial charge in [0.1, 0.15) is 12.1 Å². The van der Waals surface area contributed by atoms with Gasteiger partial charge in [0.05, 0.1) is 0 Å². The van der Waals surface area contributed by atoms with E-state index in [1.165, 1.54) is 17.8 Å². The summed E-state index contributed by atoms with van der Waals surface area (Å²) < 4.78 is 1.19. The van der Waals surface area contributed by atoms with E-state index in [0.717, 1.165) is 5.56 Å². The van der Waals surface area contributed by atoms with Crippen LogP contribution in [-0.2, 0) is 4.79 Å². The number of hydrogen-bond acceptors (Lipinski definition) is 6. The zero-order valence-corrected chi connectivity index (χ0v) is 10.4. The normalized spacial score (nSPS) is 10.3. The number of hydrogen-bond donors (Lipinski definition) is 1. The van der Waals surface area contributed by atoms with Crippen molar-refractivity contribution in [1.82, 2.24) is 19.5 Å². The number of aromatic nitrogens is 4. The summed E-state index contributed by atoms with van der Waals surface area (Å²) in [6, 6.07) is 3.57. The van der Waals surface area contributed by atoms with Gasteiger partial charge in [-0.3, -0.25) is 4.79 Å². The number of hydrazine groups is 1. The van der Waals surface area contributed by atoms with E-state index in [2.05, 4.69) is 15.0 Å². The lowest BCUT2D eigenvalue weighted by atomic mass is 10.3. The third-order valence-corrected chi connectivity index (χ3v) is 2.46. The molecule has 8 nitrogen and oxygen atoms in total. The first-order valence-electron chi connectivity index (χ1n) is 5.44. The highest BCUT2D eigenvalue weighted by Gasteiger charge is 2.12. The lowest BCUT2D eigenvalue weighted by molar-refractivity contribution is -0.116. The maximum atomic E-state index is 11.9. The van der Waals surface area contributed by atoms with Crippen molar-refractivity contribution >= 4 is 11.9 Å². The monoisotopic (exact) mass is 260 g/mol. The molecule has 0 saturated heterocycles. The van der Waals surface area contributed by atoms with Crippen LogP contribution in [0.4, 0.5) is 5.95 Å². The van der Waals surface area contributed by atoms with Crippen LogP contribution in [0.15, 0.2) is 29.5 Å². The first kappa shape index (κ1) is 12.8. The molecule has 1 amide bonds. The van der Waals surface area contributed by atoms with Gasteiger partial charge in [0.2, 0.25) is 5.91 Å². The average molecular weight is 260 g/mol. The molecule has 19 heavy (non-hydrogen) atoms. The molecule has 98 valence electrons. The first-order chi connectivity index (χ1) is 9.00. The van der Waals surface area contributed by atoms with Crippen molar-refractivity contribution in [3.8, 4) is 5.82 Å². The minimum absolute atomic E-state index is 0.151. The molecule has 0 bridgehead atoms. The quantitative estimate of drug-likeness (QED) is 0.445. The maximum absolute atomic E-state index is 11.9. The third kappa shape index (κ3) is 2.47. The standard InChI is InChI=1S/C11H12N6O2/c1-7-4-3-5-13-9(7)16-6-14-10(15-11(16)19)17(12)8(2)18/h3-6H,12H2,1-2H3. The number of pyridine rings is 1. The van der Waals surface area contributed by atoms with Gasteiger partial charge in [-0.1, -0.05) is 6.07 Å². The second-order valence-electron chi connectivity index (χ2n) is 3.84. The molecule has 0 aliphatic heterocycles. The fourth-order valence-electron chi connectivity index (χ4n) is 1.46. The lowest BCUT2D eigenvalue weighted by Gasteiger charge is -2.12. The van der Waals surface area contributed by atoms with Crippen LogP contribution in [0.5, 0.6) is 0 Å². The van der Waals surface area contributed by atoms with Crippen molar-refractivity contribution in [3.63, 3.8) is 0 Å². The molecule has 0 aliphatic carbocycles. The highest BCUT2D eigenvalue weighted by Crippen LogP contribution is 2.07. The number of nitrogens with zero attached hydrogens (tertiary/aromatic N) is 5. The number of amides is 1. The topological polar surface area (TPSA) is 107 Å². The van der Waals surface area contributed by atoms with Gasteiger partial charge in [-0.05, 0) is 18.6 Å². The fourth-order valence-corrected chi connectivity index (χ4v) is 1.46. The molecule has 0 aliphatic rings. The molecular weight excluding hydrogens is 248 g/mol. The SMILES string of the molecule is CC(=O)N(N)c1ncn(-c2ncccc2C)c(=O)n1. The Balaban J connectivity index is 2.49. The summed E-state index contributed by atoms with van der Waals surface area (Å²) in [5.74, 6) is 5.24. The molecule has 8 heteroatoms. The largest absolute Gasteiger partial charge is 0.357 e. The Labute approximate surface area is 108 Å². The van der Waals surface area contributed by atoms with E-state index in [1.54, 1.807) is 12.3 Å². The Bertz CT molecular complexity index is 681. The number of anilines is 1. The van der Waals surface area contributed by atoms with Crippen molar-refractivity contribution in [3.05, 3.63) is 40.7 Å². The molecule has 0 unspecified atom stereocenters. The van der Waals surface area contributed by atoms with Crippen LogP contribution in [0, 0.1) is 6.92 Å². The summed E-state index contributed by atoms with van der Waals surface area (Å²) in [4.78, 5) is 34.6. The molecule has 2 aromatic heterocycles. The van der Waals surface area contributed by atoms with E-state index < -0.39 is 11.6 Å². The Kier molecular flexibility index (Phi) is 3.34. The van der Waals surface area contributed by atoms with E-state index in [1.807, 2.05) is 13.0 Å².